The molecule has 0 spiro atoms. The minimum Gasteiger partial charge on any atom is -0.316 e. The predicted octanol–water partition coefficient (Wildman–Crippen LogP) is 1.81. The van der Waals surface area contributed by atoms with Crippen molar-refractivity contribution in [1.82, 2.24) is 15.2 Å². The molecular formula is C11H11FN4O. The smallest absolute Gasteiger partial charge is 0.295 e. The molecule has 0 saturated carbocycles. The van der Waals surface area contributed by atoms with Crippen molar-refractivity contribution in [3.63, 3.8) is 0 Å². The van der Waals surface area contributed by atoms with E-state index in [1.807, 2.05) is 0 Å². The Bertz CT molecular complexity index is 544. The number of hydrogen-bond acceptors (Lipinski definition) is 3. The average molecular weight is 234 g/mol. The Hall–Kier alpha value is -2.24. The van der Waals surface area contributed by atoms with Gasteiger partial charge in [-0.25, -0.2) is 9.37 Å². The van der Waals surface area contributed by atoms with Gasteiger partial charge in [0.15, 0.2) is 0 Å². The number of amides is 1. The van der Waals surface area contributed by atoms with Gasteiger partial charge in [-0.05, 0) is 25.5 Å². The van der Waals surface area contributed by atoms with Gasteiger partial charge in [0.1, 0.15) is 11.6 Å². The first-order valence-corrected chi connectivity index (χ1v) is 5.03. The lowest BCUT2D eigenvalue weighted by molar-refractivity contribution is 0.101. The molecule has 88 valence electrons. The van der Waals surface area contributed by atoms with Gasteiger partial charge in [-0.1, -0.05) is 12.1 Å². The van der Waals surface area contributed by atoms with E-state index in [4.69, 9.17) is 0 Å². The predicted molar refractivity (Wildman–Crippen MR) is 60.2 cm³/mol. The van der Waals surface area contributed by atoms with E-state index in [-0.39, 0.29) is 11.5 Å². The quantitative estimate of drug-likeness (QED) is 0.832. The zero-order valence-electron chi connectivity index (χ0n) is 9.41. The summed E-state index contributed by atoms with van der Waals surface area (Å²) in [6.07, 6.45) is 0. The summed E-state index contributed by atoms with van der Waals surface area (Å²) < 4.78 is 13.5. The highest BCUT2D eigenvalue weighted by atomic mass is 19.1. The van der Waals surface area contributed by atoms with Crippen LogP contribution in [0.5, 0.6) is 0 Å². The number of H-pyrrole nitrogens is 1. The summed E-state index contributed by atoms with van der Waals surface area (Å²) in [5.41, 5.74) is 0.797. The summed E-state index contributed by atoms with van der Waals surface area (Å²) in [5, 5.41) is 8.70. The highest BCUT2D eigenvalue weighted by Crippen LogP contribution is 2.18. The van der Waals surface area contributed by atoms with Crippen LogP contribution in [0.3, 0.4) is 0 Å². The van der Waals surface area contributed by atoms with E-state index in [2.05, 4.69) is 20.5 Å². The SMILES string of the molecule is Cc1nc(C(=O)Nc2c(C)cccc2F)n[nH]1. The number of anilines is 1. The highest BCUT2D eigenvalue weighted by molar-refractivity contribution is 6.01. The van der Waals surface area contributed by atoms with Crippen molar-refractivity contribution < 1.29 is 9.18 Å². The molecule has 0 bridgehead atoms. The molecule has 0 atom stereocenters. The number of halogens is 1. The third-order valence-corrected chi connectivity index (χ3v) is 2.26. The zero-order valence-corrected chi connectivity index (χ0v) is 9.41. The third kappa shape index (κ3) is 2.30. The summed E-state index contributed by atoms with van der Waals surface area (Å²) in [6, 6.07) is 4.57. The number of nitrogens with one attached hydrogen (secondary N) is 2. The molecule has 17 heavy (non-hydrogen) atoms. The van der Waals surface area contributed by atoms with E-state index in [1.165, 1.54) is 6.07 Å². The van der Waals surface area contributed by atoms with Crippen LogP contribution in [0.1, 0.15) is 22.0 Å². The van der Waals surface area contributed by atoms with E-state index in [1.54, 1.807) is 26.0 Å². The fourth-order valence-electron chi connectivity index (χ4n) is 1.40. The first kappa shape index (κ1) is 11.3. The standard InChI is InChI=1S/C11H11FN4O/c1-6-4-3-5-8(12)9(6)14-11(17)10-13-7(2)15-16-10/h3-5H,1-2H3,(H,14,17)(H,13,15,16). The second-order valence-corrected chi connectivity index (χ2v) is 3.63. The molecule has 0 saturated heterocycles. The van der Waals surface area contributed by atoms with Crippen molar-refractivity contribution in [3.8, 4) is 0 Å². The minimum absolute atomic E-state index is 0.00912. The molecule has 5 nitrogen and oxygen atoms in total. The van der Waals surface area contributed by atoms with E-state index in [0.29, 0.717) is 11.4 Å². The maximum Gasteiger partial charge on any atom is 0.295 e. The van der Waals surface area contributed by atoms with E-state index in [0.717, 1.165) is 0 Å². The molecule has 0 aliphatic heterocycles. The molecule has 2 N–H and O–H groups in total. The number of aromatic amines is 1. The third-order valence-electron chi connectivity index (χ3n) is 2.26. The number of carbonyl (C=O) groups excluding carboxylic acids is 1. The van der Waals surface area contributed by atoms with Crippen molar-refractivity contribution in [3.05, 3.63) is 41.2 Å². The van der Waals surface area contributed by atoms with Gasteiger partial charge in [0.05, 0.1) is 5.69 Å². The van der Waals surface area contributed by atoms with Crippen LogP contribution in [0.25, 0.3) is 0 Å². The number of aromatic nitrogens is 3. The molecule has 0 aliphatic rings. The molecule has 2 rings (SSSR count). The van der Waals surface area contributed by atoms with Gasteiger partial charge in [-0.15, -0.1) is 5.10 Å². The summed E-state index contributed by atoms with van der Waals surface area (Å²) in [4.78, 5) is 15.6. The second kappa shape index (κ2) is 4.32. The van der Waals surface area contributed by atoms with Crippen LogP contribution in [0.2, 0.25) is 0 Å². The number of carbonyl (C=O) groups is 1. The Labute approximate surface area is 97.1 Å². The van der Waals surface area contributed by atoms with Crippen LogP contribution in [0, 0.1) is 19.7 Å². The van der Waals surface area contributed by atoms with Gasteiger partial charge in [-0.3, -0.25) is 9.89 Å². The van der Waals surface area contributed by atoms with Crippen LogP contribution in [-0.4, -0.2) is 21.1 Å². The Morgan fingerprint density at radius 3 is 2.76 bits per heavy atom. The second-order valence-electron chi connectivity index (χ2n) is 3.63. The summed E-state index contributed by atoms with van der Waals surface area (Å²) >= 11 is 0. The minimum atomic E-state index is -0.539. The molecule has 0 fully saturated rings. The lowest BCUT2D eigenvalue weighted by Crippen LogP contribution is -2.15. The lowest BCUT2D eigenvalue weighted by atomic mass is 10.2. The van der Waals surface area contributed by atoms with Gasteiger partial charge >= 0.3 is 0 Å². The van der Waals surface area contributed by atoms with Gasteiger partial charge in [-0.2, -0.15) is 0 Å². The van der Waals surface area contributed by atoms with Crippen LogP contribution in [0.4, 0.5) is 10.1 Å². The maximum atomic E-state index is 13.5. The normalized spacial score (nSPS) is 10.3. The van der Waals surface area contributed by atoms with Gasteiger partial charge in [0, 0.05) is 0 Å². The van der Waals surface area contributed by atoms with Crippen molar-refractivity contribution in [1.29, 1.82) is 0 Å². The molecule has 0 unspecified atom stereocenters. The first-order valence-electron chi connectivity index (χ1n) is 5.03. The number of benzene rings is 1. The van der Waals surface area contributed by atoms with Crippen LogP contribution >= 0.6 is 0 Å². The van der Waals surface area contributed by atoms with Crippen LogP contribution in [-0.2, 0) is 0 Å². The molecule has 1 aromatic heterocycles. The van der Waals surface area contributed by atoms with Gasteiger partial charge in [0.2, 0.25) is 5.82 Å². The monoisotopic (exact) mass is 234 g/mol. The largest absolute Gasteiger partial charge is 0.316 e. The zero-order chi connectivity index (χ0) is 12.4. The van der Waals surface area contributed by atoms with Crippen molar-refractivity contribution in [2.75, 3.05) is 5.32 Å². The Balaban J connectivity index is 2.24. The Kier molecular flexibility index (Phi) is 2.86. The Morgan fingerprint density at radius 2 is 2.18 bits per heavy atom. The summed E-state index contributed by atoms with van der Waals surface area (Å²) in [7, 11) is 0. The number of aryl methyl sites for hydroxylation is 2. The topological polar surface area (TPSA) is 70.7 Å². The fourth-order valence-corrected chi connectivity index (χ4v) is 1.40. The highest BCUT2D eigenvalue weighted by Gasteiger charge is 2.14. The number of para-hydroxylation sites is 1. The molecular weight excluding hydrogens is 223 g/mol. The molecule has 0 aliphatic carbocycles. The van der Waals surface area contributed by atoms with Crippen molar-refractivity contribution in [2.45, 2.75) is 13.8 Å². The van der Waals surface area contributed by atoms with Gasteiger partial charge < -0.3 is 5.32 Å². The molecule has 1 aromatic carbocycles. The van der Waals surface area contributed by atoms with E-state index >= 15 is 0 Å². The number of hydrogen-bond donors (Lipinski definition) is 2. The molecule has 1 amide bonds. The summed E-state index contributed by atoms with van der Waals surface area (Å²) in [6.45, 7) is 3.39. The maximum absolute atomic E-state index is 13.5. The molecule has 0 radical (unpaired) electrons. The molecule has 2 aromatic rings. The first-order chi connectivity index (χ1) is 8.08. The molecule has 1 heterocycles. The van der Waals surface area contributed by atoms with E-state index < -0.39 is 11.7 Å². The number of rotatable bonds is 2. The van der Waals surface area contributed by atoms with Crippen molar-refractivity contribution in [2.24, 2.45) is 0 Å². The van der Waals surface area contributed by atoms with Crippen molar-refractivity contribution >= 4 is 11.6 Å². The Morgan fingerprint density at radius 1 is 1.41 bits per heavy atom. The van der Waals surface area contributed by atoms with Gasteiger partial charge in [0.25, 0.3) is 5.91 Å². The fraction of sp³-hybridized carbons (Fsp3) is 0.182. The van der Waals surface area contributed by atoms with Crippen LogP contribution < -0.4 is 5.32 Å². The van der Waals surface area contributed by atoms with Crippen LogP contribution in [0.15, 0.2) is 18.2 Å². The summed E-state index contributed by atoms with van der Waals surface area (Å²) in [5.74, 6) is -0.501. The number of nitrogens with zero attached hydrogens (tertiary/aromatic N) is 2. The molecule has 6 heteroatoms. The van der Waals surface area contributed by atoms with E-state index in [9.17, 15) is 9.18 Å². The lowest BCUT2D eigenvalue weighted by Gasteiger charge is -2.07. The average Bonchev–Trinajstić information content (AvgIpc) is 2.70.